The first kappa shape index (κ1) is 20.0. The summed E-state index contributed by atoms with van der Waals surface area (Å²) in [6, 6.07) is 4.61. The number of esters is 1. The van der Waals surface area contributed by atoms with Crippen LogP contribution in [-0.4, -0.2) is 45.9 Å². The summed E-state index contributed by atoms with van der Waals surface area (Å²) in [4.78, 5) is 24.7. The van der Waals surface area contributed by atoms with Gasteiger partial charge in [0.25, 0.3) is 0 Å². The molecular weight excluding hydrogens is 369 g/mol. The number of ether oxygens (including phenoxy) is 1. The van der Waals surface area contributed by atoms with Gasteiger partial charge >= 0.3 is 12.1 Å². The van der Waals surface area contributed by atoms with Gasteiger partial charge in [0, 0.05) is 6.20 Å². The number of nitrogens with zero attached hydrogens (tertiary/aromatic N) is 4. The van der Waals surface area contributed by atoms with E-state index in [-0.39, 0.29) is 30.2 Å². The fraction of sp³-hybridized carbons (Fsp3) is 0.375. The fourth-order valence-corrected chi connectivity index (χ4v) is 2.22. The van der Waals surface area contributed by atoms with E-state index in [0.717, 1.165) is 10.9 Å². The van der Waals surface area contributed by atoms with E-state index in [1.807, 2.05) is 0 Å². The number of nitriles is 1. The van der Waals surface area contributed by atoms with Gasteiger partial charge in [-0.25, -0.2) is 4.79 Å². The van der Waals surface area contributed by atoms with Crippen molar-refractivity contribution in [1.82, 2.24) is 14.7 Å². The van der Waals surface area contributed by atoms with Crippen LogP contribution < -0.4 is 0 Å². The molecule has 0 aliphatic rings. The van der Waals surface area contributed by atoms with Crippen molar-refractivity contribution < 1.29 is 31.9 Å². The predicted octanol–water partition coefficient (Wildman–Crippen LogP) is 2.12. The molecule has 0 radical (unpaired) electrons. The molecule has 0 bridgehead atoms. The zero-order valence-corrected chi connectivity index (χ0v) is 14.2. The monoisotopic (exact) mass is 384 g/mol. The van der Waals surface area contributed by atoms with E-state index in [9.17, 15) is 22.8 Å². The molecule has 8 nitrogen and oxygen atoms in total. The maximum absolute atomic E-state index is 12.8. The van der Waals surface area contributed by atoms with Gasteiger partial charge in [-0.05, 0) is 19.1 Å². The number of rotatable bonds is 7. The average molecular weight is 384 g/mol. The summed E-state index contributed by atoms with van der Waals surface area (Å²) in [6.45, 7) is -0.825. The normalized spacial score (nSPS) is 11.1. The van der Waals surface area contributed by atoms with Crippen LogP contribution in [0.5, 0.6) is 0 Å². The molecule has 0 aliphatic carbocycles. The highest BCUT2D eigenvalue weighted by atomic mass is 19.4. The van der Waals surface area contributed by atoms with Gasteiger partial charge in [-0.15, -0.1) is 0 Å². The number of aromatic nitrogens is 2. The van der Waals surface area contributed by atoms with Crippen LogP contribution in [0, 0.1) is 11.3 Å². The molecule has 27 heavy (non-hydrogen) atoms. The van der Waals surface area contributed by atoms with E-state index >= 15 is 0 Å². The Morgan fingerprint density at radius 2 is 2.19 bits per heavy atom. The molecule has 0 N–H and O–H groups in total. The Kier molecular flexibility index (Phi) is 6.23. The molecule has 2 heterocycles. The number of hydrogen-bond acceptors (Lipinski definition) is 6. The van der Waals surface area contributed by atoms with E-state index in [4.69, 9.17) is 14.4 Å². The van der Waals surface area contributed by atoms with Crippen molar-refractivity contribution in [3.63, 3.8) is 0 Å². The van der Waals surface area contributed by atoms with Gasteiger partial charge in [0.15, 0.2) is 5.69 Å². The molecule has 0 saturated heterocycles. The van der Waals surface area contributed by atoms with Crippen LogP contribution in [0.1, 0.15) is 28.7 Å². The Hall–Kier alpha value is -3.29. The van der Waals surface area contributed by atoms with E-state index in [2.05, 4.69) is 5.10 Å². The molecule has 2 aromatic heterocycles. The van der Waals surface area contributed by atoms with Gasteiger partial charge < -0.3 is 14.1 Å². The molecule has 0 spiro atoms. The largest absolute Gasteiger partial charge is 0.467 e. The van der Waals surface area contributed by atoms with E-state index in [1.165, 1.54) is 18.4 Å². The van der Waals surface area contributed by atoms with E-state index in [1.54, 1.807) is 13.0 Å². The van der Waals surface area contributed by atoms with Crippen molar-refractivity contribution >= 4 is 11.9 Å². The Labute approximate surface area is 151 Å². The minimum Gasteiger partial charge on any atom is -0.467 e. The van der Waals surface area contributed by atoms with Crippen LogP contribution in [0.2, 0.25) is 0 Å². The highest BCUT2D eigenvalue weighted by molar-refractivity contribution is 5.91. The molecule has 0 fully saturated rings. The number of hydrogen-bond donors (Lipinski definition) is 0. The summed E-state index contributed by atoms with van der Waals surface area (Å²) < 4.78 is 49.1. The van der Waals surface area contributed by atoms with Crippen LogP contribution >= 0.6 is 0 Å². The lowest BCUT2D eigenvalue weighted by Crippen LogP contribution is -2.40. The first-order valence-corrected chi connectivity index (χ1v) is 7.75. The van der Waals surface area contributed by atoms with Crippen LogP contribution in [0.3, 0.4) is 0 Å². The topological polar surface area (TPSA) is 101 Å². The van der Waals surface area contributed by atoms with Crippen molar-refractivity contribution in [2.45, 2.75) is 26.2 Å². The van der Waals surface area contributed by atoms with Crippen molar-refractivity contribution in [3.05, 3.63) is 41.6 Å². The molecule has 11 heteroatoms. The highest BCUT2D eigenvalue weighted by Gasteiger charge is 2.33. The number of halogens is 3. The second-order valence-corrected chi connectivity index (χ2v) is 5.37. The van der Waals surface area contributed by atoms with Gasteiger partial charge in [-0.1, -0.05) is 0 Å². The molecule has 2 rings (SSSR count). The summed E-state index contributed by atoms with van der Waals surface area (Å²) in [5.74, 6) is -1.54. The van der Waals surface area contributed by atoms with Crippen LogP contribution in [0.4, 0.5) is 13.2 Å². The molecule has 0 saturated carbocycles. The third-order valence-electron chi connectivity index (χ3n) is 3.31. The van der Waals surface area contributed by atoms with Gasteiger partial charge in [-0.3, -0.25) is 9.48 Å². The first-order chi connectivity index (χ1) is 12.7. The minimum atomic E-state index is -4.61. The lowest BCUT2D eigenvalue weighted by atomic mass is 10.3. The predicted molar refractivity (Wildman–Crippen MR) is 83.1 cm³/mol. The van der Waals surface area contributed by atoms with Gasteiger partial charge in [0.1, 0.15) is 30.5 Å². The lowest BCUT2D eigenvalue weighted by molar-refractivity contribution is -0.163. The summed E-state index contributed by atoms with van der Waals surface area (Å²) in [7, 11) is 0. The van der Waals surface area contributed by atoms with Gasteiger partial charge in [0.05, 0.1) is 19.4 Å². The maximum Gasteiger partial charge on any atom is 0.406 e. The Bertz CT molecular complexity index is 837. The van der Waals surface area contributed by atoms with E-state index in [0.29, 0.717) is 4.90 Å². The van der Waals surface area contributed by atoms with Gasteiger partial charge in [0.2, 0.25) is 5.91 Å². The number of alkyl halides is 3. The Balaban J connectivity index is 2.18. The quantitative estimate of drug-likeness (QED) is 0.678. The summed E-state index contributed by atoms with van der Waals surface area (Å²) in [5, 5.41) is 12.8. The lowest BCUT2D eigenvalue weighted by Gasteiger charge is -2.23. The Morgan fingerprint density at radius 1 is 1.44 bits per heavy atom. The summed E-state index contributed by atoms with van der Waals surface area (Å²) >= 11 is 0. The molecule has 0 aliphatic heterocycles. The fourth-order valence-electron chi connectivity index (χ4n) is 2.22. The maximum atomic E-state index is 12.8. The van der Waals surface area contributed by atoms with Crippen molar-refractivity contribution in [1.29, 1.82) is 5.26 Å². The van der Waals surface area contributed by atoms with Crippen LogP contribution in [-0.2, 0) is 22.6 Å². The summed E-state index contributed by atoms with van der Waals surface area (Å²) in [5.41, 5.74) is -0.449. The number of carbonyl (C=O) groups excluding carboxylic acids is 2. The average Bonchev–Trinajstić information content (AvgIpc) is 3.22. The first-order valence-electron chi connectivity index (χ1n) is 7.75. The zero-order valence-electron chi connectivity index (χ0n) is 14.2. The molecule has 0 aromatic carbocycles. The third-order valence-corrected chi connectivity index (χ3v) is 3.31. The molecule has 144 valence electrons. The van der Waals surface area contributed by atoms with E-state index < -0.39 is 31.1 Å². The molecule has 2 aromatic rings. The minimum absolute atomic E-state index is 0.0658. The van der Waals surface area contributed by atoms with Crippen LogP contribution in [0.15, 0.2) is 29.0 Å². The second kappa shape index (κ2) is 8.39. The Morgan fingerprint density at radius 3 is 2.74 bits per heavy atom. The number of furan rings is 1. The molecule has 0 unspecified atom stereocenters. The smallest absolute Gasteiger partial charge is 0.406 e. The van der Waals surface area contributed by atoms with Crippen molar-refractivity contribution in [2.24, 2.45) is 0 Å². The van der Waals surface area contributed by atoms with Crippen molar-refractivity contribution in [3.8, 4) is 6.07 Å². The van der Waals surface area contributed by atoms with Gasteiger partial charge in [-0.2, -0.15) is 23.5 Å². The van der Waals surface area contributed by atoms with Crippen LogP contribution in [0.25, 0.3) is 0 Å². The second-order valence-electron chi connectivity index (χ2n) is 5.37. The summed E-state index contributed by atoms with van der Waals surface area (Å²) in [6.07, 6.45) is -2.24. The highest BCUT2D eigenvalue weighted by Crippen LogP contribution is 2.19. The molecule has 0 atom stereocenters. The molecular formula is C16H15F3N4O4. The van der Waals surface area contributed by atoms with Crippen molar-refractivity contribution in [2.75, 3.05) is 13.2 Å². The zero-order chi connectivity index (χ0) is 20.0. The third kappa shape index (κ3) is 5.60. The standard InChI is InChI=1S/C16H15F3N4O4/c1-2-26-15(25)12-8-23(21-13(12)6-20)9-14(24)22(10-16(17,18)19)7-11-4-3-5-27-11/h3-5,8H,2,7,9-10H2,1H3. The molecule has 1 amide bonds. The SMILES string of the molecule is CCOC(=O)c1cn(CC(=O)N(Cc2ccco2)CC(F)(F)F)nc1C#N. The number of amides is 1. The number of carbonyl (C=O) groups is 2.